The Hall–Kier alpha value is -1.36. The summed E-state index contributed by atoms with van der Waals surface area (Å²) in [5.41, 5.74) is 0.347. The molecule has 0 saturated carbocycles. The number of hydrogen-bond donors (Lipinski definition) is 0. The third kappa shape index (κ3) is 3.85. The molecule has 0 aliphatic rings. The molecule has 1 aromatic heterocycles. The fourth-order valence-electron chi connectivity index (χ4n) is 1.41. The number of aromatic nitrogens is 1. The lowest BCUT2D eigenvalue weighted by Gasteiger charge is -2.07. The summed E-state index contributed by atoms with van der Waals surface area (Å²) in [4.78, 5) is 14.1. The van der Waals surface area contributed by atoms with Gasteiger partial charge in [-0.05, 0) is 13.3 Å². The minimum Gasteiger partial charge on any atom is -0.487 e. The summed E-state index contributed by atoms with van der Waals surface area (Å²) in [7, 11) is 0. The molecule has 0 unspecified atom stereocenters. The molecular formula is C11H15ClN2O3. The molecule has 0 aromatic carbocycles. The van der Waals surface area contributed by atoms with Crippen LogP contribution in [0, 0.1) is 17.0 Å². The highest BCUT2D eigenvalue weighted by Gasteiger charge is 2.22. The van der Waals surface area contributed by atoms with Crippen LogP contribution in [0.15, 0.2) is 6.07 Å². The normalized spacial score (nSPS) is 10.3. The third-order valence-corrected chi connectivity index (χ3v) is 2.49. The van der Waals surface area contributed by atoms with Crippen LogP contribution in [0.1, 0.15) is 31.9 Å². The Balaban J connectivity index is 2.85. The molecule has 0 N–H and O–H groups in total. The van der Waals surface area contributed by atoms with Gasteiger partial charge in [-0.2, -0.15) is 0 Å². The SMILES string of the molecule is CCCCCOc1cc(C)nc(Cl)c1[N+](=O)[O-]. The Morgan fingerprint density at radius 2 is 2.24 bits per heavy atom. The van der Waals surface area contributed by atoms with Gasteiger partial charge in [-0.1, -0.05) is 31.4 Å². The number of hydrogen-bond acceptors (Lipinski definition) is 4. The van der Waals surface area contributed by atoms with E-state index in [0.717, 1.165) is 19.3 Å². The van der Waals surface area contributed by atoms with Gasteiger partial charge in [-0.15, -0.1) is 0 Å². The number of aryl methyl sites for hydroxylation is 1. The topological polar surface area (TPSA) is 65.3 Å². The second-order valence-corrected chi connectivity index (χ2v) is 4.07. The number of pyridine rings is 1. The first-order chi connectivity index (χ1) is 8.06. The fraction of sp³-hybridized carbons (Fsp3) is 0.545. The number of nitrogens with zero attached hydrogens (tertiary/aromatic N) is 2. The molecule has 0 saturated heterocycles. The molecule has 0 spiro atoms. The standard InChI is InChI=1S/C11H15ClN2O3/c1-3-4-5-6-17-9-7-8(2)13-11(12)10(9)14(15)16/h7H,3-6H2,1-2H3. The minimum atomic E-state index is -0.566. The molecule has 6 heteroatoms. The van der Waals surface area contributed by atoms with E-state index >= 15 is 0 Å². The molecule has 94 valence electrons. The zero-order valence-corrected chi connectivity index (χ0v) is 10.7. The van der Waals surface area contributed by atoms with E-state index in [2.05, 4.69) is 11.9 Å². The first-order valence-electron chi connectivity index (χ1n) is 5.50. The molecule has 5 nitrogen and oxygen atoms in total. The third-order valence-electron chi connectivity index (χ3n) is 2.23. The van der Waals surface area contributed by atoms with E-state index < -0.39 is 4.92 Å². The van der Waals surface area contributed by atoms with Crippen molar-refractivity contribution >= 4 is 17.3 Å². The van der Waals surface area contributed by atoms with Crippen molar-refractivity contribution in [2.75, 3.05) is 6.61 Å². The van der Waals surface area contributed by atoms with E-state index in [9.17, 15) is 10.1 Å². The zero-order chi connectivity index (χ0) is 12.8. The molecule has 0 aliphatic heterocycles. The van der Waals surface area contributed by atoms with Crippen LogP contribution in [0.4, 0.5) is 5.69 Å². The van der Waals surface area contributed by atoms with Gasteiger partial charge in [0.15, 0.2) is 0 Å². The summed E-state index contributed by atoms with van der Waals surface area (Å²) in [6, 6.07) is 1.54. The number of ether oxygens (including phenoxy) is 1. The van der Waals surface area contributed by atoms with E-state index in [4.69, 9.17) is 16.3 Å². The summed E-state index contributed by atoms with van der Waals surface area (Å²) >= 11 is 5.74. The second kappa shape index (κ2) is 6.39. The van der Waals surface area contributed by atoms with Crippen LogP contribution >= 0.6 is 11.6 Å². The molecule has 0 fully saturated rings. The molecule has 17 heavy (non-hydrogen) atoms. The van der Waals surface area contributed by atoms with Crippen molar-refractivity contribution in [3.05, 3.63) is 27.0 Å². The van der Waals surface area contributed by atoms with Gasteiger partial charge < -0.3 is 4.74 Å². The van der Waals surface area contributed by atoms with Crippen LogP contribution in [-0.4, -0.2) is 16.5 Å². The van der Waals surface area contributed by atoms with Crippen LogP contribution in [0.2, 0.25) is 5.15 Å². The molecular weight excluding hydrogens is 244 g/mol. The van der Waals surface area contributed by atoms with Gasteiger partial charge in [0.05, 0.1) is 11.5 Å². The first kappa shape index (κ1) is 13.7. The maximum atomic E-state index is 10.8. The Morgan fingerprint density at radius 3 is 2.82 bits per heavy atom. The fourth-order valence-corrected chi connectivity index (χ4v) is 1.70. The Kier molecular flexibility index (Phi) is 5.15. The van der Waals surface area contributed by atoms with E-state index in [-0.39, 0.29) is 16.6 Å². The predicted octanol–water partition coefficient (Wildman–Crippen LogP) is 3.52. The summed E-state index contributed by atoms with van der Waals surface area (Å²) in [5, 5.41) is 10.7. The largest absolute Gasteiger partial charge is 0.487 e. The number of rotatable bonds is 6. The van der Waals surface area contributed by atoms with Crippen molar-refractivity contribution in [2.45, 2.75) is 33.1 Å². The van der Waals surface area contributed by atoms with Crippen molar-refractivity contribution in [3.63, 3.8) is 0 Å². The summed E-state index contributed by atoms with van der Waals surface area (Å²) in [6.07, 6.45) is 2.97. The van der Waals surface area contributed by atoms with Gasteiger partial charge in [0.1, 0.15) is 0 Å². The lowest BCUT2D eigenvalue weighted by molar-refractivity contribution is -0.386. The Bertz CT molecular complexity index is 410. The van der Waals surface area contributed by atoms with Gasteiger partial charge in [0, 0.05) is 11.8 Å². The molecule has 0 atom stereocenters. The molecule has 0 aliphatic carbocycles. The number of halogens is 1. The summed E-state index contributed by atoms with van der Waals surface area (Å²) in [5.74, 6) is 0.198. The molecule has 1 heterocycles. The monoisotopic (exact) mass is 258 g/mol. The highest BCUT2D eigenvalue weighted by Crippen LogP contribution is 2.33. The number of unbranched alkanes of at least 4 members (excludes halogenated alkanes) is 2. The first-order valence-corrected chi connectivity index (χ1v) is 5.88. The van der Waals surface area contributed by atoms with Crippen LogP contribution in [0.3, 0.4) is 0 Å². The van der Waals surface area contributed by atoms with Gasteiger partial charge in [0.2, 0.25) is 10.9 Å². The minimum absolute atomic E-state index is 0.125. The zero-order valence-electron chi connectivity index (χ0n) is 9.90. The average Bonchev–Trinajstić information content (AvgIpc) is 2.22. The maximum absolute atomic E-state index is 10.8. The van der Waals surface area contributed by atoms with Gasteiger partial charge in [0.25, 0.3) is 0 Å². The molecule has 0 bridgehead atoms. The predicted molar refractivity (Wildman–Crippen MR) is 65.7 cm³/mol. The van der Waals surface area contributed by atoms with Crippen LogP contribution in [0.5, 0.6) is 5.75 Å². The van der Waals surface area contributed by atoms with Crippen molar-refractivity contribution in [3.8, 4) is 5.75 Å². The summed E-state index contributed by atoms with van der Waals surface area (Å²) < 4.78 is 5.40. The van der Waals surface area contributed by atoms with E-state index in [1.165, 1.54) is 6.07 Å². The van der Waals surface area contributed by atoms with Gasteiger partial charge >= 0.3 is 5.69 Å². The molecule has 1 rings (SSSR count). The van der Waals surface area contributed by atoms with Crippen molar-refractivity contribution < 1.29 is 9.66 Å². The quantitative estimate of drug-likeness (QED) is 0.339. The highest BCUT2D eigenvalue weighted by atomic mass is 35.5. The lowest BCUT2D eigenvalue weighted by atomic mass is 10.2. The van der Waals surface area contributed by atoms with Gasteiger partial charge in [-0.3, -0.25) is 10.1 Å². The van der Waals surface area contributed by atoms with Crippen molar-refractivity contribution in [2.24, 2.45) is 0 Å². The van der Waals surface area contributed by atoms with Gasteiger partial charge in [-0.25, -0.2) is 4.98 Å². The molecule has 0 radical (unpaired) electrons. The molecule has 0 amide bonds. The Labute approximate surface area is 105 Å². The van der Waals surface area contributed by atoms with Crippen LogP contribution < -0.4 is 4.74 Å². The maximum Gasteiger partial charge on any atom is 0.347 e. The van der Waals surface area contributed by atoms with E-state index in [1.54, 1.807) is 6.92 Å². The lowest BCUT2D eigenvalue weighted by Crippen LogP contribution is -2.02. The average molecular weight is 259 g/mol. The smallest absolute Gasteiger partial charge is 0.347 e. The van der Waals surface area contributed by atoms with Crippen molar-refractivity contribution in [1.29, 1.82) is 0 Å². The van der Waals surface area contributed by atoms with Crippen LogP contribution in [0.25, 0.3) is 0 Å². The van der Waals surface area contributed by atoms with E-state index in [1.807, 2.05) is 0 Å². The second-order valence-electron chi connectivity index (χ2n) is 3.71. The Morgan fingerprint density at radius 1 is 1.53 bits per heavy atom. The highest BCUT2D eigenvalue weighted by molar-refractivity contribution is 6.31. The summed E-state index contributed by atoms with van der Waals surface area (Å²) in [6.45, 7) is 4.25. The number of nitro groups is 1. The van der Waals surface area contributed by atoms with E-state index in [0.29, 0.717) is 12.3 Å². The molecule has 1 aromatic rings. The van der Waals surface area contributed by atoms with Crippen LogP contribution in [-0.2, 0) is 0 Å². The van der Waals surface area contributed by atoms with Crippen molar-refractivity contribution in [1.82, 2.24) is 4.98 Å².